The van der Waals surface area contributed by atoms with E-state index in [0.717, 1.165) is 5.56 Å². The van der Waals surface area contributed by atoms with Crippen LogP contribution in [0.4, 0.5) is 0 Å². The molecule has 0 aliphatic rings. The van der Waals surface area contributed by atoms with Gasteiger partial charge in [-0.25, -0.2) is 4.79 Å². The van der Waals surface area contributed by atoms with Crippen molar-refractivity contribution in [1.29, 1.82) is 0 Å². The highest BCUT2D eigenvalue weighted by molar-refractivity contribution is 6.83. The third kappa shape index (κ3) is 4.26. The lowest BCUT2D eigenvalue weighted by Crippen LogP contribution is -2.16. The maximum absolute atomic E-state index is 11.3. The van der Waals surface area contributed by atoms with E-state index in [1.807, 2.05) is 0 Å². The number of ether oxygens (including phenoxy) is 1. The summed E-state index contributed by atoms with van der Waals surface area (Å²) in [6.07, 6.45) is 0. The first-order valence-corrected chi connectivity index (χ1v) is 9.12. The normalized spacial score (nSPS) is 10.4. The monoisotopic (exact) mass is 266 g/mol. The fraction of sp³-hybridized carbons (Fsp3) is 0.308. The number of methoxy groups -OCH3 is 1. The Morgan fingerprint density at radius 2 is 2.00 bits per heavy atom. The van der Waals surface area contributed by atoms with E-state index >= 15 is 0 Å². The van der Waals surface area contributed by atoms with Crippen LogP contribution in [0.15, 0.2) is 18.2 Å². The molecule has 0 aliphatic heterocycles. The molecule has 90 valence electrons. The number of benzene rings is 1. The van der Waals surface area contributed by atoms with Crippen LogP contribution in [0.1, 0.15) is 15.9 Å². The first-order chi connectivity index (χ1) is 7.83. The number of rotatable bonds is 1. The summed E-state index contributed by atoms with van der Waals surface area (Å²) < 4.78 is 4.62. The van der Waals surface area contributed by atoms with Gasteiger partial charge in [-0.15, -0.1) is 5.54 Å². The Morgan fingerprint density at radius 1 is 1.35 bits per heavy atom. The van der Waals surface area contributed by atoms with E-state index in [1.54, 1.807) is 18.2 Å². The molecular weight excluding hydrogens is 252 g/mol. The van der Waals surface area contributed by atoms with E-state index in [0.29, 0.717) is 10.6 Å². The fourth-order valence-corrected chi connectivity index (χ4v) is 1.91. The lowest BCUT2D eigenvalue weighted by Gasteiger charge is -2.04. The lowest BCUT2D eigenvalue weighted by atomic mass is 10.1. The number of carbonyl (C=O) groups is 1. The summed E-state index contributed by atoms with van der Waals surface area (Å²) in [6, 6.07) is 5.12. The Balaban J connectivity index is 3.04. The summed E-state index contributed by atoms with van der Waals surface area (Å²) in [5, 5.41) is 0.374. The van der Waals surface area contributed by atoms with E-state index in [2.05, 4.69) is 35.8 Å². The summed E-state index contributed by atoms with van der Waals surface area (Å²) in [7, 11) is -0.0646. The molecular formula is C13H15ClO2Si. The SMILES string of the molecule is COC(=O)c1ccc(C#C[Si](C)(C)C)cc1Cl. The Kier molecular flexibility index (Phi) is 4.38. The first kappa shape index (κ1) is 13.8. The smallest absolute Gasteiger partial charge is 0.339 e. The second kappa shape index (κ2) is 5.39. The Hall–Kier alpha value is -1.24. The summed E-state index contributed by atoms with van der Waals surface area (Å²) in [6.45, 7) is 6.51. The molecule has 4 heteroatoms. The van der Waals surface area contributed by atoms with Gasteiger partial charge in [0.1, 0.15) is 8.07 Å². The van der Waals surface area contributed by atoms with Crippen molar-refractivity contribution in [2.45, 2.75) is 19.6 Å². The van der Waals surface area contributed by atoms with Crippen molar-refractivity contribution in [3.8, 4) is 11.5 Å². The number of hydrogen-bond donors (Lipinski definition) is 0. The van der Waals surface area contributed by atoms with Gasteiger partial charge in [-0.05, 0) is 18.2 Å². The second-order valence-corrected chi connectivity index (χ2v) is 9.84. The molecule has 1 aromatic carbocycles. The molecule has 0 saturated heterocycles. The summed E-state index contributed by atoms with van der Waals surface area (Å²) in [5.74, 6) is 2.65. The van der Waals surface area contributed by atoms with Crippen LogP contribution >= 0.6 is 11.6 Å². The van der Waals surface area contributed by atoms with Gasteiger partial charge < -0.3 is 4.74 Å². The van der Waals surface area contributed by atoms with Gasteiger partial charge >= 0.3 is 5.97 Å². The first-order valence-electron chi connectivity index (χ1n) is 5.24. The molecule has 0 heterocycles. The Bertz CT molecular complexity index is 492. The lowest BCUT2D eigenvalue weighted by molar-refractivity contribution is 0.0601. The molecule has 0 atom stereocenters. The van der Waals surface area contributed by atoms with Crippen LogP contribution in [0.3, 0.4) is 0 Å². The van der Waals surface area contributed by atoms with Gasteiger partial charge in [0.25, 0.3) is 0 Å². The van der Waals surface area contributed by atoms with Crippen LogP contribution in [0.5, 0.6) is 0 Å². The molecule has 0 bridgehead atoms. The standard InChI is InChI=1S/C13H15ClO2Si/c1-16-13(15)11-6-5-10(9-12(11)14)7-8-17(2,3)4/h5-6,9H,1-4H3. The van der Waals surface area contributed by atoms with Crippen molar-refractivity contribution in [2.24, 2.45) is 0 Å². The van der Waals surface area contributed by atoms with E-state index in [-0.39, 0.29) is 0 Å². The van der Waals surface area contributed by atoms with Crippen molar-refractivity contribution < 1.29 is 9.53 Å². The van der Waals surface area contributed by atoms with Crippen molar-refractivity contribution in [2.75, 3.05) is 7.11 Å². The van der Waals surface area contributed by atoms with Crippen LogP contribution in [-0.2, 0) is 4.74 Å². The highest BCUT2D eigenvalue weighted by atomic mass is 35.5. The van der Waals surface area contributed by atoms with Crippen LogP contribution < -0.4 is 0 Å². The molecule has 0 saturated carbocycles. The topological polar surface area (TPSA) is 26.3 Å². The average molecular weight is 267 g/mol. The number of hydrogen-bond acceptors (Lipinski definition) is 2. The highest BCUT2D eigenvalue weighted by Gasteiger charge is 2.11. The van der Waals surface area contributed by atoms with Crippen LogP contribution in [-0.4, -0.2) is 21.2 Å². The summed E-state index contributed by atoms with van der Waals surface area (Å²) in [4.78, 5) is 11.3. The predicted octanol–water partition coefficient (Wildman–Crippen LogP) is 3.36. The van der Waals surface area contributed by atoms with Crippen LogP contribution in [0.2, 0.25) is 24.7 Å². The minimum absolute atomic E-state index is 0.368. The van der Waals surface area contributed by atoms with Crippen LogP contribution in [0, 0.1) is 11.5 Å². The molecule has 1 aromatic rings. The van der Waals surface area contributed by atoms with Gasteiger partial charge in [0.2, 0.25) is 0 Å². The third-order valence-corrected chi connectivity index (χ3v) is 3.14. The van der Waals surface area contributed by atoms with E-state index in [4.69, 9.17) is 11.6 Å². The molecule has 17 heavy (non-hydrogen) atoms. The largest absolute Gasteiger partial charge is 0.465 e. The average Bonchev–Trinajstić information content (AvgIpc) is 2.24. The summed E-state index contributed by atoms with van der Waals surface area (Å²) >= 11 is 6.00. The Morgan fingerprint density at radius 3 is 2.47 bits per heavy atom. The zero-order valence-corrected chi connectivity index (χ0v) is 12.2. The maximum Gasteiger partial charge on any atom is 0.339 e. The van der Waals surface area contributed by atoms with Gasteiger partial charge in [0.05, 0.1) is 17.7 Å². The molecule has 0 aliphatic carbocycles. The molecule has 0 fully saturated rings. The quantitative estimate of drug-likeness (QED) is 0.443. The van der Waals surface area contributed by atoms with E-state index in [1.165, 1.54) is 7.11 Å². The highest BCUT2D eigenvalue weighted by Crippen LogP contribution is 2.18. The third-order valence-electron chi connectivity index (χ3n) is 1.96. The fourth-order valence-electron chi connectivity index (χ4n) is 1.13. The van der Waals surface area contributed by atoms with Gasteiger partial charge in [-0.3, -0.25) is 0 Å². The van der Waals surface area contributed by atoms with Crippen molar-refractivity contribution in [3.63, 3.8) is 0 Å². The molecule has 0 unspecified atom stereocenters. The van der Waals surface area contributed by atoms with Gasteiger partial charge in [0, 0.05) is 5.56 Å². The van der Waals surface area contributed by atoms with Crippen molar-refractivity contribution in [1.82, 2.24) is 0 Å². The molecule has 1 rings (SSSR count). The summed E-state index contributed by atoms with van der Waals surface area (Å²) in [5.41, 5.74) is 4.43. The van der Waals surface area contributed by atoms with E-state index in [9.17, 15) is 4.79 Å². The Labute approximate surface area is 108 Å². The van der Waals surface area contributed by atoms with Crippen molar-refractivity contribution in [3.05, 3.63) is 34.3 Å². The molecule has 0 aromatic heterocycles. The number of halogens is 1. The minimum atomic E-state index is -1.40. The second-order valence-electron chi connectivity index (χ2n) is 4.69. The number of esters is 1. The molecule has 0 N–H and O–H groups in total. The molecule has 0 amide bonds. The molecule has 2 nitrogen and oxygen atoms in total. The maximum atomic E-state index is 11.3. The van der Waals surface area contributed by atoms with Gasteiger partial charge in [0.15, 0.2) is 0 Å². The van der Waals surface area contributed by atoms with Crippen molar-refractivity contribution >= 4 is 25.6 Å². The molecule has 0 spiro atoms. The molecule has 0 radical (unpaired) electrons. The van der Waals surface area contributed by atoms with Gasteiger partial charge in [-0.2, -0.15) is 0 Å². The van der Waals surface area contributed by atoms with E-state index < -0.39 is 14.0 Å². The number of carbonyl (C=O) groups excluding carboxylic acids is 1. The zero-order chi connectivity index (χ0) is 13.1. The predicted molar refractivity (Wildman–Crippen MR) is 73.0 cm³/mol. The zero-order valence-electron chi connectivity index (χ0n) is 10.4. The minimum Gasteiger partial charge on any atom is -0.465 e. The van der Waals surface area contributed by atoms with Gasteiger partial charge in [-0.1, -0.05) is 37.2 Å². The van der Waals surface area contributed by atoms with Crippen LogP contribution in [0.25, 0.3) is 0 Å².